The van der Waals surface area contributed by atoms with Crippen LogP contribution in [-0.4, -0.2) is 72.5 Å². The van der Waals surface area contributed by atoms with Gasteiger partial charge in [-0.15, -0.1) is 5.10 Å². The maximum Gasteiger partial charge on any atom is 0.264 e. The van der Waals surface area contributed by atoms with Gasteiger partial charge >= 0.3 is 0 Å². The van der Waals surface area contributed by atoms with E-state index in [0.717, 1.165) is 11.8 Å². The summed E-state index contributed by atoms with van der Waals surface area (Å²) < 4.78 is 34.9. The van der Waals surface area contributed by atoms with Crippen LogP contribution in [0.15, 0.2) is 54.9 Å². The average molecular weight is 472 g/mol. The van der Waals surface area contributed by atoms with E-state index in [2.05, 4.69) is 15.5 Å². The summed E-state index contributed by atoms with van der Waals surface area (Å²) in [4.78, 5) is 15.3. The van der Waals surface area contributed by atoms with Gasteiger partial charge in [-0.1, -0.05) is 30.3 Å². The van der Waals surface area contributed by atoms with E-state index in [1.54, 1.807) is 23.1 Å². The number of tetrazole rings is 1. The van der Waals surface area contributed by atoms with Crippen molar-refractivity contribution in [3.05, 3.63) is 66.0 Å². The van der Waals surface area contributed by atoms with Crippen LogP contribution in [0.1, 0.15) is 28.8 Å². The first-order valence-electron chi connectivity index (χ1n) is 10.4. The van der Waals surface area contributed by atoms with Crippen molar-refractivity contribution >= 4 is 16.0 Å². The van der Waals surface area contributed by atoms with Gasteiger partial charge in [0.25, 0.3) is 16.0 Å². The molecule has 174 valence electrons. The third-order valence-corrected chi connectivity index (χ3v) is 6.53. The Morgan fingerprint density at radius 2 is 1.97 bits per heavy atom. The molecule has 0 spiro atoms. The fraction of sp³-hybridized carbons (Fsp3) is 0.364. The summed E-state index contributed by atoms with van der Waals surface area (Å²) in [7, 11) is -2.03. The minimum absolute atomic E-state index is 0.0495. The van der Waals surface area contributed by atoms with Crippen LogP contribution in [0.25, 0.3) is 5.69 Å². The molecule has 2 aromatic carbocycles. The van der Waals surface area contributed by atoms with Gasteiger partial charge in [-0.2, -0.15) is 8.42 Å². The molecule has 1 amide bonds. The first-order chi connectivity index (χ1) is 15.8. The van der Waals surface area contributed by atoms with Gasteiger partial charge in [0.15, 0.2) is 0 Å². The highest BCUT2D eigenvalue weighted by molar-refractivity contribution is 7.85. The Morgan fingerprint density at radius 3 is 2.64 bits per heavy atom. The summed E-state index contributed by atoms with van der Waals surface area (Å²) in [6.07, 6.45) is 3.64. The lowest BCUT2D eigenvalue weighted by atomic mass is 9.77. The summed E-state index contributed by atoms with van der Waals surface area (Å²) >= 11 is 0. The van der Waals surface area contributed by atoms with Gasteiger partial charge in [-0.3, -0.25) is 8.98 Å². The molecule has 1 saturated heterocycles. The maximum atomic E-state index is 13.6. The van der Waals surface area contributed by atoms with Crippen molar-refractivity contribution in [2.45, 2.75) is 18.3 Å². The molecule has 0 N–H and O–H groups in total. The van der Waals surface area contributed by atoms with Crippen molar-refractivity contribution in [1.82, 2.24) is 25.1 Å². The second-order valence-electron chi connectivity index (χ2n) is 8.04. The number of nitrogens with zero attached hydrogens (tertiary/aromatic N) is 5. The predicted molar refractivity (Wildman–Crippen MR) is 120 cm³/mol. The largest absolute Gasteiger partial charge is 0.496 e. The number of hydrogen-bond acceptors (Lipinski definition) is 8. The number of amides is 1. The lowest BCUT2D eigenvalue weighted by Gasteiger charge is -2.30. The van der Waals surface area contributed by atoms with Gasteiger partial charge in [0.1, 0.15) is 12.1 Å². The summed E-state index contributed by atoms with van der Waals surface area (Å²) in [5, 5.41) is 11.2. The van der Waals surface area contributed by atoms with E-state index >= 15 is 0 Å². The van der Waals surface area contributed by atoms with Crippen molar-refractivity contribution in [3.8, 4) is 11.4 Å². The molecular formula is C22H25N5O5S. The van der Waals surface area contributed by atoms with E-state index in [0.29, 0.717) is 42.9 Å². The molecule has 0 radical (unpaired) electrons. The fourth-order valence-electron chi connectivity index (χ4n) is 4.27. The van der Waals surface area contributed by atoms with Crippen LogP contribution in [0.3, 0.4) is 0 Å². The van der Waals surface area contributed by atoms with E-state index in [9.17, 15) is 13.2 Å². The Morgan fingerprint density at radius 1 is 1.18 bits per heavy atom. The number of carbonyl (C=O) groups is 1. The third kappa shape index (κ3) is 5.04. The summed E-state index contributed by atoms with van der Waals surface area (Å²) in [6.45, 7) is 1.000. The quantitative estimate of drug-likeness (QED) is 0.457. The molecule has 0 bridgehead atoms. The standard InChI is InChI=1S/C22H25N5O5S/c1-31-20-9-8-18(27-16-23-24-25-27)14-19(20)21(28)26-12-10-22(15-26,11-13-32-33(2,29)30)17-6-4-3-5-7-17/h3-9,14,16H,10-13,15H2,1-2H3. The van der Waals surface area contributed by atoms with Crippen LogP contribution in [0.5, 0.6) is 5.75 Å². The van der Waals surface area contributed by atoms with Crippen LogP contribution in [0.2, 0.25) is 0 Å². The highest BCUT2D eigenvalue weighted by Crippen LogP contribution is 2.39. The Kier molecular flexibility index (Phi) is 6.43. The zero-order valence-corrected chi connectivity index (χ0v) is 19.2. The Balaban J connectivity index is 1.61. The van der Waals surface area contributed by atoms with E-state index < -0.39 is 15.5 Å². The van der Waals surface area contributed by atoms with Crippen LogP contribution < -0.4 is 4.74 Å². The van der Waals surface area contributed by atoms with E-state index in [-0.39, 0.29) is 12.5 Å². The number of carbonyl (C=O) groups excluding carboxylic acids is 1. The number of rotatable bonds is 8. The van der Waals surface area contributed by atoms with E-state index in [4.69, 9.17) is 8.92 Å². The first kappa shape index (κ1) is 22.9. The lowest BCUT2D eigenvalue weighted by Crippen LogP contribution is -2.35. The first-order valence-corrected chi connectivity index (χ1v) is 12.2. The van der Waals surface area contributed by atoms with Crippen molar-refractivity contribution in [3.63, 3.8) is 0 Å². The zero-order valence-electron chi connectivity index (χ0n) is 18.4. The molecule has 1 aromatic heterocycles. The minimum atomic E-state index is -3.55. The average Bonchev–Trinajstić information content (AvgIpc) is 3.49. The molecule has 3 aromatic rings. The predicted octanol–water partition coefficient (Wildman–Crippen LogP) is 1.82. The van der Waals surface area contributed by atoms with Gasteiger partial charge < -0.3 is 9.64 Å². The molecule has 11 heteroatoms. The monoisotopic (exact) mass is 471 g/mol. The normalized spacial score (nSPS) is 18.4. The number of likely N-dealkylation sites (tertiary alicyclic amines) is 1. The molecule has 1 aliphatic heterocycles. The Labute approximate surface area is 192 Å². The molecule has 0 saturated carbocycles. The van der Waals surface area contributed by atoms with Gasteiger partial charge in [0.2, 0.25) is 0 Å². The minimum Gasteiger partial charge on any atom is -0.496 e. The molecule has 10 nitrogen and oxygen atoms in total. The van der Waals surface area contributed by atoms with Crippen molar-refractivity contribution in [2.24, 2.45) is 0 Å². The topological polar surface area (TPSA) is 117 Å². The number of aromatic nitrogens is 4. The Bertz CT molecular complexity index is 1220. The summed E-state index contributed by atoms with van der Waals surface area (Å²) in [5.74, 6) is 0.276. The zero-order chi connectivity index (χ0) is 23.5. The molecular weight excluding hydrogens is 446 g/mol. The number of hydrogen-bond donors (Lipinski definition) is 0. The number of benzene rings is 2. The smallest absolute Gasteiger partial charge is 0.264 e. The molecule has 1 atom stereocenters. The van der Waals surface area contributed by atoms with Crippen LogP contribution in [-0.2, 0) is 19.7 Å². The lowest BCUT2D eigenvalue weighted by molar-refractivity contribution is 0.0777. The van der Waals surface area contributed by atoms with Gasteiger partial charge in [-0.25, -0.2) is 4.68 Å². The maximum absolute atomic E-state index is 13.6. The van der Waals surface area contributed by atoms with Crippen LogP contribution >= 0.6 is 0 Å². The molecule has 1 aliphatic rings. The molecule has 1 fully saturated rings. The molecule has 33 heavy (non-hydrogen) atoms. The highest BCUT2D eigenvalue weighted by atomic mass is 32.2. The second-order valence-corrected chi connectivity index (χ2v) is 9.68. The molecule has 1 unspecified atom stereocenters. The van der Waals surface area contributed by atoms with E-state index in [1.807, 2.05) is 30.3 Å². The van der Waals surface area contributed by atoms with Crippen molar-refractivity contribution < 1.29 is 22.1 Å². The van der Waals surface area contributed by atoms with Gasteiger partial charge in [0, 0.05) is 18.5 Å². The molecule has 0 aliphatic carbocycles. The second kappa shape index (κ2) is 9.28. The highest BCUT2D eigenvalue weighted by Gasteiger charge is 2.42. The van der Waals surface area contributed by atoms with Crippen LogP contribution in [0, 0.1) is 0 Å². The van der Waals surface area contributed by atoms with Crippen molar-refractivity contribution in [2.75, 3.05) is 33.1 Å². The van der Waals surface area contributed by atoms with Gasteiger partial charge in [0.05, 0.1) is 31.2 Å². The fourth-order valence-corrected chi connectivity index (χ4v) is 4.65. The van der Waals surface area contributed by atoms with Gasteiger partial charge in [-0.05, 0) is 47.0 Å². The van der Waals surface area contributed by atoms with Crippen LogP contribution in [0.4, 0.5) is 0 Å². The molecule has 2 heterocycles. The number of methoxy groups -OCH3 is 1. The summed E-state index contributed by atoms with van der Waals surface area (Å²) in [5.41, 5.74) is 1.68. The SMILES string of the molecule is COc1ccc(-n2cnnn2)cc1C(=O)N1CCC(CCOS(C)(=O)=O)(c2ccccc2)C1. The summed E-state index contributed by atoms with van der Waals surface area (Å²) in [6, 6.07) is 15.0. The van der Waals surface area contributed by atoms with Crippen molar-refractivity contribution in [1.29, 1.82) is 0 Å². The Hall–Kier alpha value is -3.31. The van der Waals surface area contributed by atoms with E-state index in [1.165, 1.54) is 18.1 Å². The molecule has 4 rings (SSSR count). The number of ether oxygens (including phenoxy) is 1. The third-order valence-electron chi connectivity index (χ3n) is 5.93.